The van der Waals surface area contributed by atoms with Crippen LogP contribution in [-0.4, -0.2) is 23.7 Å². The Hall–Kier alpha value is -2.10. The second-order valence-electron chi connectivity index (χ2n) is 5.39. The normalized spacial score (nSPS) is 11.4. The summed E-state index contributed by atoms with van der Waals surface area (Å²) < 4.78 is 41.9. The lowest BCUT2D eigenvalue weighted by atomic mass is 10.2. The van der Waals surface area contributed by atoms with Gasteiger partial charge < -0.3 is 10.1 Å². The van der Waals surface area contributed by atoms with Gasteiger partial charge in [-0.2, -0.15) is 13.2 Å². The van der Waals surface area contributed by atoms with Crippen LogP contribution in [0, 0.1) is 0 Å². The molecule has 1 amide bonds. The highest BCUT2D eigenvalue weighted by atomic mass is 35.5. The Kier molecular flexibility index (Phi) is 6.03. The van der Waals surface area contributed by atoms with Gasteiger partial charge in [0.25, 0.3) is 0 Å². The molecule has 4 nitrogen and oxygen atoms in total. The highest BCUT2D eigenvalue weighted by Gasteiger charge is 2.29. The lowest BCUT2D eigenvalue weighted by Gasteiger charge is -2.14. The summed E-state index contributed by atoms with van der Waals surface area (Å²) in [5, 5.41) is 7.31. The molecule has 27 heavy (non-hydrogen) atoms. The molecule has 0 aliphatic heterocycles. The fourth-order valence-electron chi connectivity index (χ4n) is 2.15. The average molecular weight is 433 g/mol. The van der Waals surface area contributed by atoms with E-state index in [1.807, 2.05) is 17.5 Å². The zero-order valence-electron chi connectivity index (χ0n) is 13.5. The van der Waals surface area contributed by atoms with E-state index in [0.29, 0.717) is 5.69 Å². The number of alkyl halides is 3. The molecule has 2 aromatic heterocycles. The van der Waals surface area contributed by atoms with E-state index in [4.69, 9.17) is 16.3 Å². The van der Waals surface area contributed by atoms with Crippen LogP contribution in [0.4, 0.5) is 18.9 Å². The van der Waals surface area contributed by atoms with Crippen molar-refractivity contribution in [2.45, 2.75) is 12.6 Å². The number of aromatic nitrogens is 1. The highest BCUT2D eigenvalue weighted by molar-refractivity contribution is 7.20. The largest absolute Gasteiger partial charge is 0.482 e. The molecule has 3 rings (SSSR count). The topological polar surface area (TPSA) is 51.2 Å². The molecular formula is C17H12ClF3N2O2S2. The zero-order chi connectivity index (χ0) is 19.4. The number of thiophene rings is 1. The van der Waals surface area contributed by atoms with Crippen molar-refractivity contribution in [1.29, 1.82) is 0 Å². The number of hydrogen-bond donors (Lipinski definition) is 1. The summed E-state index contributed by atoms with van der Waals surface area (Å²) in [5.41, 5.74) is 0.645. The number of nitrogens with one attached hydrogen (secondary N) is 1. The Morgan fingerprint density at radius 1 is 1.26 bits per heavy atom. The maximum absolute atomic E-state index is 12.4. The van der Waals surface area contributed by atoms with Crippen molar-refractivity contribution in [2.75, 3.05) is 11.9 Å². The van der Waals surface area contributed by atoms with Crippen molar-refractivity contribution in [2.24, 2.45) is 0 Å². The van der Waals surface area contributed by atoms with Crippen molar-refractivity contribution in [3.8, 4) is 15.6 Å². The molecule has 142 valence electrons. The predicted octanol–water partition coefficient (Wildman–Crippen LogP) is 5.65. The van der Waals surface area contributed by atoms with Crippen LogP contribution in [0.3, 0.4) is 0 Å². The fraction of sp³-hybridized carbons (Fsp3) is 0.176. The monoisotopic (exact) mass is 432 g/mol. The molecule has 1 aromatic carbocycles. The maximum atomic E-state index is 12.4. The molecule has 0 atom stereocenters. The fourth-order valence-corrected chi connectivity index (χ4v) is 3.95. The minimum atomic E-state index is -4.49. The van der Waals surface area contributed by atoms with Crippen LogP contribution in [0.5, 0.6) is 5.75 Å². The lowest BCUT2D eigenvalue weighted by molar-refractivity contribution is -0.153. The number of carbonyl (C=O) groups excluding carboxylic acids is 1. The van der Waals surface area contributed by atoms with Gasteiger partial charge >= 0.3 is 6.18 Å². The molecule has 0 spiro atoms. The Bertz CT molecular complexity index is 927. The van der Waals surface area contributed by atoms with Crippen LogP contribution in [0.2, 0.25) is 5.02 Å². The number of thiazole rings is 1. The first-order valence-electron chi connectivity index (χ1n) is 7.57. The van der Waals surface area contributed by atoms with E-state index in [1.54, 1.807) is 16.7 Å². The Labute approximate surface area is 165 Å². The highest BCUT2D eigenvalue weighted by Crippen LogP contribution is 2.31. The number of amides is 1. The van der Waals surface area contributed by atoms with Gasteiger partial charge in [-0.25, -0.2) is 4.98 Å². The number of anilines is 1. The first kappa shape index (κ1) is 19.7. The van der Waals surface area contributed by atoms with Gasteiger partial charge in [-0.1, -0.05) is 17.7 Å². The first-order valence-corrected chi connectivity index (χ1v) is 9.71. The number of nitrogens with zero attached hydrogens (tertiary/aromatic N) is 1. The summed E-state index contributed by atoms with van der Waals surface area (Å²) in [6.07, 6.45) is -4.51. The molecular weight excluding hydrogens is 421 g/mol. The quantitative estimate of drug-likeness (QED) is 0.547. The molecule has 0 saturated carbocycles. The minimum absolute atomic E-state index is 0.0207. The number of rotatable bonds is 6. The van der Waals surface area contributed by atoms with E-state index < -0.39 is 18.7 Å². The van der Waals surface area contributed by atoms with Gasteiger partial charge in [0, 0.05) is 10.4 Å². The van der Waals surface area contributed by atoms with Gasteiger partial charge in [0.1, 0.15) is 10.8 Å². The molecule has 0 aliphatic rings. The van der Waals surface area contributed by atoms with Gasteiger partial charge in [-0.3, -0.25) is 4.79 Å². The number of benzene rings is 1. The van der Waals surface area contributed by atoms with Gasteiger partial charge in [0.15, 0.2) is 6.61 Å². The molecule has 0 saturated heterocycles. The van der Waals surface area contributed by atoms with Crippen LogP contribution in [0.1, 0.15) is 5.69 Å². The van der Waals surface area contributed by atoms with Crippen molar-refractivity contribution in [3.63, 3.8) is 0 Å². The Morgan fingerprint density at radius 3 is 2.78 bits per heavy atom. The average Bonchev–Trinajstić information content (AvgIpc) is 3.24. The third-order valence-corrected chi connectivity index (χ3v) is 5.40. The van der Waals surface area contributed by atoms with Gasteiger partial charge in [-0.05, 0) is 29.6 Å². The summed E-state index contributed by atoms with van der Waals surface area (Å²) in [7, 11) is 0. The Morgan fingerprint density at radius 2 is 2.07 bits per heavy atom. The summed E-state index contributed by atoms with van der Waals surface area (Å²) in [4.78, 5) is 17.7. The SMILES string of the molecule is O=C(Cc1csc(-c2cccs2)n1)Nc1cc(Cl)ccc1OCC(F)(F)F. The van der Waals surface area contributed by atoms with E-state index in [0.717, 1.165) is 9.88 Å². The zero-order valence-corrected chi connectivity index (χ0v) is 15.9. The molecule has 0 aliphatic carbocycles. The van der Waals surface area contributed by atoms with Crippen LogP contribution in [-0.2, 0) is 11.2 Å². The third kappa shape index (κ3) is 5.69. The van der Waals surface area contributed by atoms with Gasteiger partial charge in [0.2, 0.25) is 5.91 Å². The third-order valence-electron chi connectivity index (χ3n) is 3.23. The predicted molar refractivity (Wildman–Crippen MR) is 101 cm³/mol. The minimum Gasteiger partial charge on any atom is -0.482 e. The van der Waals surface area contributed by atoms with E-state index in [9.17, 15) is 18.0 Å². The molecule has 1 N–H and O–H groups in total. The van der Waals surface area contributed by atoms with Crippen molar-refractivity contribution >= 4 is 45.9 Å². The van der Waals surface area contributed by atoms with E-state index >= 15 is 0 Å². The maximum Gasteiger partial charge on any atom is 0.422 e. The molecule has 10 heteroatoms. The van der Waals surface area contributed by atoms with Crippen LogP contribution >= 0.6 is 34.3 Å². The molecule has 0 radical (unpaired) electrons. The molecule has 3 aromatic rings. The standard InChI is InChI=1S/C17H12ClF3N2O2S2/c18-10-3-4-13(25-9-17(19,20)21)12(6-10)23-15(24)7-11-8-27-16(22-11)14-2-1-5-26-14/h1-6,8H,7,9H2,(H,23,24). The second kappa shape index (κ2) is 8.28. The summed E-state index contributed by atoms with van der Waals surface area (Å²) >= 11 is 8.84. The van der Waals surface area contributed by atoms with Crippen LogP contribution in [0.15, 0.2) is 41.1 Å². The second-order valence-corrected chi connectivity index (χ2v) is 7.63. The number of halogens is 4. The molecule has 0 fully saturated rings. The van der Waals surface area contributed by atoms with Gasteiger partial charge in [0.05, 0.1) is 22.7 Å². The molecule has 0 bridgehead atoms. The summed E-state index contributed by atoms with van der Waals surface area (Å²) in [6.45, 7) is -1.46. The first-order chi connectivity index (χ1) is 12.8. The van der Waals surface area contributed by atoms with Crippen LogP contribution < -0.4 is 10.1 Å². The van der Waals surface area contributed by atoms with Crippen molar-refractivity contribution in [1.82, 2.24) is 4.98 Å². The van der Waals surface area contributed by atoms with Gasteiger partial charge in [-0.15, -0.1) is 22.7 Å². The number of carbonyl (C=O) groups is 1. The lowest BCUT2D eigenvalue weighted by Crippen LogP contribution is -2.21. The molecule has 2 heterocycles. The molecule has 0 unspecified atom stereocenters. The summed E-state index contributed by atoms with van der Waals surface area (Å²) in [5.74, 6) is -0.542. The van der Waals surface area contributed by atoms with E-state index in [2.05, 4.69) is 10.3 Å². The van der Waals surface area contributed by atoms with Crippen molar-refractivity contribution in [3.05, 3.63) is 51.8 Å². The van der Waals surface area contributed by atoms with E-state index in [1.165, 1.54) is 29.5 Å². The van der Waals surface area contributed by atoms with Crippen LogP contribution in [0.25, 0.3) is 9.88 Å². The summed E-state index contributed by atoms with van der Waals surface area (Å²) in [6, 6.07) is 7.85. The number of ether oxygens (including phenoxy) is 1. The van der Waals surface area contributed by atoms with Crippen molar-refractivity contribution < 1.29 is 22.7 Å². The number of hydrogen-bond acceptors (Lipinski definition) is 5. The Balaban J connectivity index is 1.67. The smallest absolute Gasteiger partial charge is 0.422 e. The van der Waals surface area contributed by atoms with E-state index in [-0.39, 0.29) is 22.9 Å².